The number of rotatable bonds is 1. The van der Waals surface area contributed by atoms with Crippen LogP contribution < -0.4 is 10.2 Å². The van der Waals surface area contributed by atoms with E-state index in [4.69, 9.17) is 23.2 Å². The fraction of sp³-hybridized carbons (Fsp3) is 0.348. The van der Waals surface area contributed by atoms with Crippen LogP contribution >= 0.6 is 23.2 Å². The van der Waals surface area contributed by atoms with Crippen LogP contribution in [-0.4, -0.2) is 35.2 Å². The summed E-state index contributed by atoms with van der Waals surface area (Å²) in [5, 5.41) is 3.89. The van der Waals surface area contributed by atoms with Gasteiger partial charge >= 0.3 is 0 Å². The van der Waals surface area contributed by atoms with E-state index in [9.17, 15) is 14.4 Å². The first kappa shape index (κ1) is 19.3. The molecule has 0 radical (unpaired) electrons. The second-order valence-corrected chi connectivity index (χ2v) is 9.63. The molecule has 2 aromatic rings. The average molecular weight is 456 g/mol. The van der Waals surface area contributed by atoms with Crippen molar-refractivity contribution >= 4 is 52.3 Å². The van der Waals surface area contributed by atoms with Gasteiger partial charge in [-0.25, -0.2) is 4.90 Å². The molecule has 0 aliphatic carbocycles. The van der Waals surface area contributed by atoms with Gasteiger partial charge in [0.05, 0.1) is 17.5 Å². The van der Waals surface area contributed by atoms with E-state index in [2.05, 4.69) is 10.2 Å². The molecule has 4 heterocycles. The maximum absolute atomic E-state index is 13.9. The number of imide groups is 1. The molecule has 31 heavy (non-hydrogen) atoms. The predicted molar refractivity (Wildman–Crippen MR) is 117 cm³/mol. The molecule has 3 saturated heterocycles. The van der Waals surface area contributed by atoms with E-state index in [0.717, 1.165) is 18.4 Å². The Morgan fingerprint density at radius 2 is 1.77 bits per heavy atom. The maximum Gasteiger partial charge on any atom is 0.250 e. The van der Waals surface area contributed by atoms with Gasteiger partial charge in [-0.1, -0.05) is 29.3 Å². The average Bonchev–Trinajstić information content (AvgIpc) is 3.43. The molecular formula is C23H19Cl2N3O3. The van der Waals surface area contributed by atoms with Crippen LogP contribution in [0.25, 0.3) is 0 Å². The molecule has 4 aliphatic heterocycles. The molecule has 0 saturated carbocycles. The Kier molecular flexibility index (Phi) is 3.93. The lowest BCUT2D eigenvalue weighted by atomic mass is 9.75. The summed E-state index contributed by atoms with van der Waals surface area (Å²) in [7, 11) is 0. The zero-order valence-electron chi connectivity index (χ0n) is 16.7. The minimum absolute atomic E-state index is 0.165. The summed E-state index contributed by atoms with van der Waals surface area (Å²) in [6, 6.07) is 10.3. The fourth-order valence-electron chi connectivity index (χ4n) is 6.24. The highest BCUT2D eigenvalue weighted by Crippen LogP contribution is 2.61. The Hall–Kier alpha value is -2.41. The Labute approximate surface area is 189 Å². The lowest BCUT2D eigenvalue weighted by molar-refractivity contribution is -0.135. The summed E-state index contributed by atoms with van der Waals surface area (Å²) in [5.41, 5.74) is 1.39. The standard InChI is InChI=1S/C23H19Cl2N3O3/c1-11-4-5-13(25)10-17(11)28-20(29)18-16-3-2-8-27(16)23(19(18)21(28)30)14-9-12(24)6-7-15(14)26-22(23)31/h4-7,9-10,16,18-19H,2-3,8H2,1H3,(H,26,31). The van der Waals surface area contributed by atoms with Crippen molar-refractivity contribution in [3.05, 3.63) is 57.6 Å². The molecule has 3 amide bonds. The van der Waals surface area contributed by atoms with Gasteiger partial charge in [-0.05, 0) is 62.2 Å². The number of anilines is 2. The molecule has 4 aliphatic rings. The van der Waals surface area contributed by atoms with Crippen LogP contribution in [0.4, 0.5) is 11.4 Å². The third-order valence-electron chi connectivity index (χ3n) is 7.37. The van der Waals surface area contributed by atoms with Crippen molar-refractivity contribution in [3.63, 3.8) is 0 Å². The number of nitrogens with zero attached hydrogens (tertiary/aromatic N) is 2. The number of amides is 3. The summed E-state index contributed by atoms with van der Waals surface area (Å²) < 4.78 is 0. The Balaban J connectivity index is 1.58. The molecular weight excluding hydrogens is 437 g/mol. The SMILES string of the molecule is Cc1ccc(Cl)cc1N1C(=O)C2C3CCCN3C3(C(=O)Nc4ccc(Cl)cc43)C2C1=O. The number of carbonyl (C=O) groups is 3. The van der Waals surface area contributed by atoms with Crippen LogP contribution in [0.1, 0.15) is 24.0 Å². The van der Waals surface area contributed by atoms with Crippen LogP contribution in [0.5, 0.6) is 0 Å². The number of benzene rings is 2. The highest BCUT2D eigenvalue weighted by atomic mass is 35.5. The number of fused-ring (bicyclic) bond motifs is 7. The van der Waals surface area contributed by atoms with E-state index in [1.54, 1.807) is 36.4 Å². The minimum Gasteiger partial charge on any atom is -0.324 e. The zero-order valence-corrected chi connectivity index (χ0v) is 18.2. The van der Waals surface area contributed by atoms with Crippen LogP contribution in [0.15, 0.2) is 36.4 Å². The summed E-state index contributed by atoms with van der Waals surface area (Å²) in [5.74, 6) is -2.24. The minimum atomic E-state index is -1.22. The smallest absolute Gasteiger partial charge is 0.250 e. The van der Waals surface area contributed by atoms with E-state index < -0.39 is 17.4 Å². The van der Waals surface area contributed by atoms with Gasteiger partial charge in [0.1, 0.15) is 5.54 Å². The fourth-order valence-corrected chi connectivity index (χ4v) is 6.57. The molecule has 4 unspecified atom stereocenters. The number of hydrogen-bond acceptors (Lipinski definition) is 4. The predicted octanol–water partition coefficient (Wildman–Crippen LogP) is 3.73. The molecule has 158 valence electrons. The van der Waals surface area contributed by atoms with E-state index in [-0.39, 0.29) is 23.8 Å². The number of carbonyl (C=O) groups excluding carboxylic acids is 3. The number of nitrogens with one attached hydrogen (secondary N) is 1. The van der Waals surface area contributed by atoms with Crippen molar-refractivity contribution in [3.8, 4) is 0 Å². The van der Waals surface area contributed by atoms with Gasteiger partial charge in [0, 0.05) is 27.3 Å². The molecule has 1 spiro atoms. The summed E-state index contributed by atoms with van der Waals surface area (Å²) >= 11 is 12.5. The summed E-state index contributed by atoms with van der Waals surface area (Å²) in [4.78, 5) is 44.5. The lowest BCUT2D eigenvalue weighted by Crippen LogP contribution is -2.54. The van der Waals surface area contributed by atoms with Crippen LogP contribution in [0, 0.1) is 18.8 Å². The van der Waals surface area contributed by atoms with E-state index in [1.807, 2.05) is 6.92 Å². The third kappa shape index (κ3) is 2.25. The zero-order chi connectivity index (χ0) is 21.7. The van der Waals surface area contributed by atoms with Gasteiger partial charge in [-0.3, -0.25) is 19.3 Å². The van der Waals surface area contributed by atoms with Crippen LogP contribution in [0.3, 0.4) is 0 Å². The Morgan fingerprint density at radius 1 is 1.03 bits per heavy atom. The van der Waals surface area contributed by atoms with E-state index in [0.29, 0.717) is 33.5 Å². The van der Waals surface area contributed by atoms with Gasteiger partial charge < -0.3 is 5.32 Å². The van der Waals surface area contributed by atoms with Crippen molar-refractivity contribution in [2.75, 3.05) is 16.8 Å². The van der Waals surface area contributed by atoms with Gasteiger partial charge in [0.2, 0.25) is 17.7 Å². The molecule has 0 aromatic heterocycles. The number of halogens is 2. The normalized spacial score (nSPS) is 31.4. The number of hydrogen-bond donors (Lipinski definition) is 1. The van der Waals surface area contributed by atoms with Crippen LogP contribution in [-0.2, 0) is 19.9 Å². The quantitative estimate of drug-likeness (QED) is 0.665. The number of aryl methyl sites for hydroxylation is 1. The first-order chi connectivity index (χ1) is 14.9. The van der Waals surface area contributed by atoms with E-state index >= 15 is 0 Å². The molecule has 2 aromatic carbocycles. The highest BCUT2D eigenvalue weighted by molar-refractivity contribution is 6.32. The van der Waals surface area contributed by atoms with Crippen LogP contribution in [0.2, 0.25) is 10.0 Å². The second kappa shape index (κ2) is 6.31. The lowest BCUT2D eigenvalue weighted by Gasteiger charge is -2.36. The van der Waals surface area contributed by atoms with Crippen molar-refractivity contribution in [1.29, 1.82) is 0 Å². The molecule has 6 nitrogen and oxygen atoms in total. The van der Waals surface area contributed by atoms with Crippen molar-refractivity contribution in [1.82, 2.24) is 4.90 Å². The Bertz CT molecular complexity index is 1200. The largest absolute Gasteiger partial charge is 0.324 e. The molecule has 3 fully saturated rings. The van der Waals surface area contributed by atoms with Crippen molar-refractivity contribution in [2.24, 2.45) is 11.8 Å². The second-order valence-electron chi connectivity index (χ2n) is 8.76. The maximum atomic E-state index is 13.9. The highest BCUT2D eigenvalue weighted by Gasteiger charge is 2.74. The van der Waals surface area contributed by atoms with Gasteiger partial charge in [-0.2, -0.15) is 0 Å². The first-order valence-corrected chi connectivity index (χ1v) is 11.1. The van der Waals surface area contributed by atoms with Crippen molar-refractivity contribution < 1.29 is 14.4 Å². The van der Waals surface area contributed by atoms with E-state index in [1.165, 1.54) is 4.90 Å². The topological polar surface area (TPSA) is 69.7 Å². The molecule has 8 heteroatoms. The molecule has 0 bridgehead atoms. The Morgan fingerprint density at radius 3 is 2.58 bits per heavy atom. The summed E-state index contributed by atoms with van der Waals surface area (Å²) in [6.07, 6.45) is 1.64. The third-order valence-corrected chi connectivity index (χ3v) is 7.84. The molecule has 6 rings (SSSR count). The first-order valence-electron chi connectivity index (χ1n) is 10.4. The molecule has 4 atom stereocenters. The van der Waals surface area contributed by atoms with Gasteiger partial charge in [-0.15, -0.1) is 0 Å². The van der Waals surface area contributed by atoms with Gasteiger partial charge in [0.15, 0.2) is 0 Å². The molecule has 1 N–H and O–H groups in total. The monoisotopic (exact) mass is 455 g/mol. The van der Waals surface area contributed by atoms with Gasteiger partial charge in [0.25, 0.3) is 0 Å². The summed E-state index contributed by atoms with van der Waals surface area (Å²) in [6.45, 7) is 2.50. The van der Waals surface area contributed by atoms with Crippen molar-refractivity contribution in [2.45, 2.75) is 31.3 Å².